The molecule has 0 aliphatic rings. The molecule has 448 valence electrons. The van der Waals surface area contributed by atoms with Crippen molar-refractivity contribution in [2.45, 2.75) is 46.3 Å². The highest BCUT2D eigenvalue weighted by Gasteiger charge is 2.37. The summed E-state index contributed by atoms with van der Waals surface area (Å²) in [6.45, 7) is 2.33. The van der Waals surface area contributed by atoms with E-state index < -0.39 is 83.9 Å². The lowest BCUT2D eigenvalue weighted by Gasteiger charge is -2.23. The van der Waals surface area contributed by atoms with Crippen LogP contribution in [0.1, 0.15) is 37.2 Å². The molecular formula is C52H56F2N10O16S4. The van der Waals surface area contributed by atoms with Gasteiger partial charge in [0, 0.05) is 35.8 Å². The smallest absolute Gasteiger partial charge is 0.243 e. The second-order valence-electron chi connectivity index (χ2n) is 18.0. The summed E-state index contributed by atoms with van der Waals surface area (Å²) in [4.78, 5) is 7.69. The molecule has 0 fully saturated rings. The first-order valence-corrected chi connectivity index (χ1v) is 31.3. The Balaban J connectivity index is 0.000000241. The molecule has 26 nitrogen and oxygen atoms in total. The molecule has 8 aromatic rings. The Morgan fingerprint density at radius 2 is 0.786 bits per heavy atom. The molecule has 0 saturated carbocycles. The number of methoxy groups -OCH3 is 6. The van der Waals surface area contributed by atoms with Gasteiger partial charge in [0.2, 0.25) is 43.7 Å². The zero-order chi connectivity index (χ0) is 61.6. The van der Waals surface area contributed by atoms with Crippen molar-refractivity contribution in [2.75, 3.05) is 64.6 Å². The van der Waals surface area contributed by atoms with E-state index in [0.717, 1.165) is 62.8 Å². The molecule has 4 aromatic heterocycles. The Morgan fingerprint density at radius 3 is 1.08 bits per heavy atom. The van der Waals surface area contributed by atoms with Crippen molar-refractivity contribution in [3.63, 3.8) is 0 Å². The van der Waals surface area contributed by atoms with Gasteiger partial charge in [0.05, 0.1) is 64.7 Å². The quantitative estimate of drug-likeness (QED) is 0.0648. The zero-order valence-corrected chi connectivity index (χ0v) is 49.5. The van der Waals surface area contributed by atoms with Gasteiger partial charge in [-0.15, -0.1) is 20.4 Å². The van der Waals surface area contributed by atoms with Crippen molar-refractivity contribution in [3.8, 4) is 69.2 Å². The van der Waals surface area contributed by atoms with E-state index in [0.29, 0.717) is 0 Å². The van der Waals surface area contributed by atoms with E-state index in [1.807, 2.05) is 0 Å². The molecule has 84 heavy (non-hydrogen) atoms. The number of ether oxygens (including phenoxy) is 6. The number of nitrogens with one attached hydrogen (secondary N) is 2. The lowest BCUT2D eigenvalue weighted by molar-refractivity contribution is 0.172. The van der Waals surface area contributed by atoms with E-state index in [4.69, 9.17) is 28.4 Å². The highest BCUT2D eigenvalue weighted by atomic mass is 32.2. The molecule has 0 saturated heterocycles. The van der Waals surface area contributed by atoms with Gasteiger partial charge in [-0.1, -0.05) is 36.4 Å². The average molecular weight is 1240 g/mol. The largest absolute Gasteiger partial charge is 0.494 e. The average Bonchev–Trinajstić information content (AvgIpc) is 4.23. The molecular weight excluding hydrogens is 1190 g/mol. The van der Waals surface area contributed by atoms with Gasteiger partial charge in [0.15, 0.2) is 31.3 Å². The number of para-hydroxylation sites is 2. The predicted octanol–water partition coefficient (Wildman–Crippen LogP) is 5.52. The van der Waals surface area contributed by atoms with E-state index in [1.54, 1.807) is 72.8 Å². The van der Waals surface area contributed by atoms with Crippen molar-refractivity contribution in [1.29, 1.82) is 0 Å². The number of anilines is 2. The molecule has 0 unspecified atom stereocenters. The first kappa shape index (κ1) is 63.0. The molecule has 8 rings (SSSR count). The Bertz CT molecular complexity index is 3880. The lowest BCUT2D eigenvalue weighted by Crippen LogP contribution is -2.32. The molecule has 0 radical (unpaired) electrons. The van der Waals surface area contributed by atoms with Crippen LogP contribution in [0.3, 0.4) is 0 Å². The van der Waals surface area contributed by atoms with Crippen LogP contribution in [0.25, 0.3) is 34.4 Å². The van der Waals surface area contributed by atoms with Crippen LogP contribution < -0.4 is 37.9 Å². The van der Waals surface area contributed by atoms with E-state index >= 15 is 0 Å². The van der Waals surface area contributed by atoms with Gasteiger partial charge < -0.3 is 38.6 Å². The number of nitrogens with zero attached hydrogens (tertiary/aromatic N) is 8. The van der Waals surface area contributed by atoms with Crippen LogP contribution in [-0.4, -0.2) is 149 Å². The summed E-state index contributed by atoms with van der Waals surface area (Å²) in [6.07, 6.45) is -2.09. The van der Waals surface area contributed by atoms with Crippen LogP contribution in [0.4, 0.5) is 20.7 Å². The normalized spacial score (nSPS) is 13.3. The van der Waals surface area contributed by atoms with Gasteiger partial charge in [-0.05, 0) is 74.5 Å². The van der Waals surface area contributed by atoms with Crippen molar-refractivity contribution >= 4 is 51.6 Å². The fourth-order valence-corrected chi connectivity index (χ4v) is 12.3. The van der Waals surface area contributed by atoms with Gasteiger partial charge in [-0.2, -0.15) is 0 Å². The Hall–Kier alpha value is -8.56. The SMILES string of the molecule is COc1cccc(-c2nnc(NS(=O)(=O)[C@@H](C)[C@H](O)c3ccc(F)cc3S(C)(=O)=O)n2-c2c(OC)cccc2OC)n1.COc1cccc(-c2nnc(NS(=O)(=O)[C@H](C)[C@@H](O)c3ccc(F)cc3S(C)(=O)=O)n2-c2c(OC)cccc2OC)n1. The number of benzene rings is 4. The first-order chi connectivity index (χ1) is 39.6. The molecule has 4 N–H and O–H groups in total. The van der Waals surface area contributed by atoms with Crippen LogP contribution in [0.2, 0.25) is 0 Å². The third kappa shape index (κ3) is 13.4. The number of aliphatic hydroxyl groups excluding tert-OH is 2. The summed E-state index contributed by atoms with van der Waals surface area (Å²) >= 11 is 0. The minimum Gasteiger partial charge on any atom is -0.494 e. The van der Waals surface area contributed by atoms with Gasteiger partial charge in [0.1, 0.15) is 67.9 Å². The van der Waals surface area contributed by atoms with E-state index in [1.165, 1.54) is 51.8 Å². The molecule has 0 aliphatic heterocycles. The molecule has 0 aliphatic carbocycles. The molecule has 0 spiro atoms. The van der Waals surface area contributed by atoms with Crippen molar-refractivity contribution in [2.24, 2.45) is 0 Å². The topological polar surface area (TPSA) is 344 Å². The molecule has 32 heteroatoms. The molecule has 4 atom stereocenters. The first-order valence-electron chi connectivity index (χ1n) is 24.4. The highest BCUT2D eigenvalue weighted by molar-refractivity contribution is 7.93. The summed E-state index contributed by atoms with van der Waals surface area (Å²) in [6, 6.07) is 24.9. The number of hydrogen-bond acceptors (Lipinski definition) is 22. The number of pyridine rings is 2. The number of sulfonamides is 2. The van der Waals surface area contributed by atoms with Crippen LogP contribution in [0, 0.1) is 11.6 Å². The summed E-state index contributed by atoms with van der Waals surface area (Å²) in [7, 11) is -8.56. The van der Waals surface area contributed by atoms with Crippen LogP contribution >= 0.6 is 0 Å². The maximum absolute atomic E-state index is 13.9. The fourth-order valence-electron chi connectivity index (χ4n) is 8.30. The lowest BCUT2D eigenvalue weighted by atomic mass is 10.1. The number of rotatable bonds is 22. The molecule has 0 amide bonds. The van der Waals surface area contributed by atoms with Crippen molar-refractivity contribution in [3.05, 3.63) is 132 Å². The number of aliphatic hydroxyl groups is 2. The van der Waals surface area contributed by atoms with E-state index in [2.05, 4.69) is 39.8 Å². The molecule has 0 bridgehead atoms. The van der Waals surface area contributed by atoms with Crippen molar-refractivity contribution < 1.29 is 81.1 Å². The van der Waals surface area contributed by atoms with Gasteiger partial charge >= 0.3 is 0 Å². The summed E-state index contributed by atoms with van der Waals surface area (Å²) in [5.41, 5.74) is 0.415. The zero-order valence-electron chi connectivity index (χ0n) is 46.3. The Labute approximate surface area is 482 Å². The van der Waals surface area contributed by atoms with Crippen LogP contribution in [-0.2, 0) is 39.7 Å². The van der Waals surface area contributed by atoms with Crippen molar-refractivity contribution in [1.82, 2.24) is 39.5 Å². The molecule has 4 heterocycles. The summed E-state index contributed by atoms with van der Waals surface area (Å²) < 4.78 is 171. The molecule has 4 aromatic carbocycles. The Morgan fingerprint density at radius 1 is 0.464 bits per heavy atom. The fraction of sp³-hybridized carbons (Fsp3) is 0.269. The summed E-state index contributed by atoms with van der Waals surface area (Å²) in [5, 5.41) is 35.2. The van der Waals surface area contributed by atoms with E-state index in [9.17, 15) is 52.7 Å². The maximum Gasteiger partial charge on any atom is 0.243 e. The minimum absolute atomic E-state index is 0.0838. The maximum atomic E-state index is 13.9. The van der Waals surface area contributed by atoms with E-state index in [-0.39, 0.29) is 92.2 Å². The van der Waals surface area contributed by atoms with Crippen LogP contribution in [0.5, 0.6) is 34.8 Å². The number of hydrogen-bond donors (Lipinski definition) is 4. The third-order valence-electron chi connectivity index (χ3n) is 12.6. The van der Waals surface area contributed by atoms with Crippen LogP contribution in [0.15, 0.2) is 119 Å². The standard InChI is InChI=1S/2C26H28FN5O8S2/c2*1-15(24(33)17-13-12-16(27)14-21(17)41(5,34)35)42(36,37)31-26-30-29-25(18-8-6-11-22(28-18)40-4)32(26)23-19(38-2)9-7-10-20(23)39-3/h2*6-15,24,33H,1-5H3,(H,30,31)/t2*15-,24-/m10/s1. The monoisotopic (exact) mass is 1240 g/mol. The second-order valence-corrected chi connectivity index (χ2v) is 26.1. The number of sulfone groups is 2. The number of halogens is 2. The van der Waals surface area contributed by atoms with Gasteiger partial charge in [-0.25, -0.2) is 52.4 Å². The summed E-state index contributed by atoms with van der Waals surface area (Å²) in [5.74, 6) is -0.588. The predicted molar refractivity (Wildman–Crippen MR) is 301 cm³/mol. The highest BCUT2D eigenvalue weighted by Crippen LogP contribution is 2.41. The van der Waals surface area contributed by atoms with Gasteiger partial charge in [0.25, 0.3) is 0 Å². The number of aromatic nitrogens is 8. The minimum atomic E-state index is -4.52. The van der Waals surface area contributed by atoms with Gasteiger partial charge in [-0.3, -0.25) is 18.6 Å². The Kier molecular flexibility index (Phi) is 19.1. The second kappa shape index (κ2) is 25.5. The third-order valence-corrected chi connectivity index (χ3v) is 18.3.